The Hall–Kier alpha value is -2.67. The molecule has 1 amide bonds. The predicted molar refractivity (Wildman–Crippen MR) is 86.9 cm³/mol. The first kappa shape index (κ1) is 17.7. The highest BCUT2D eigenvalue weighted by molar-refractivity contribution is 5.94. The van der Waals surface area contributed by atoms with E-state index < -0.39 is 17.9 Å². The van der Waals surface area contributed by atoms with Crippen LogP contribution in [0.1, 0.15) is 48.3 Å². The van der Waals surface area contributed by atoms with Crippen LogP contribution in [0.2, 0.25) is 0 Å². The van der Waals surface area contributed by atoms with Gasteiger partial charge >= 0.3 is 5.97 Å². The van der Waals surface area contributed by atoms with Crippen LogP contribution in [0.25, 0.3) is 0 Å². The molecule has 7 nitrogen and oxygen atoms in total. The van der Waals surface area contributed by atoms with E-state index in [-0.39, 0.29) is 18.3 Å². The quantitative estimate of drug-likeness (QED) is 0.751. The number of aromatic nitrogens is 1. The zero-order valence-electron chi connectivity index (χ0n) is 13.7. The number of esters is 1. The summed E-state index contributed by atoms with van der Waals surface area (Å²) in [6.45, 7) is 3.59. The first-order valence-corrected chi connectivity index (χ1v) is 7.73. The zero-order chi connectivity index (χ0) is 17.5. The summed E-state index contributed by atoms with van der Waals surface area (Å²) in [4.78, 5) is 28.0. The molecule has 2 aromatic rings. The number of benzene rings is 1. The van der Waals surface area contributed by atoms with Gasteiger partial charge in [0.05, 0.1) is 6.04 Å². The number of amides is 1. The van der Waals surface area contributed by atoms with Crippen molar-refractivity contribution in [3.8, 4) is 0 Å². The number of ether oxygens (including phenoxy) is 1. The topological polar surface area (TPSA) is 107 Å². The lowest BCUT2D eigenvalue weighted by atomic mass is 10.2. The summed E-state index contributed by atoms with van der Waals surface area (Å²) in [5.74, 6) is -0.749. The minimum Gasteiger partial charge on any atom is -0.459 e. The molecule has 0 aliphatic heterocycles. The number of nitrogens with one attached hydrogen (secondary N) is 1. The molecule has 0 aliphatic rings. The van der Waals surface area contributed by atoms with Crippen molar-refractivity contribution in [1.82, 2.24) is 10.3 Å². The fourth-order valence-corrected chi connectivity index (χ4v) is 1.92. The molecule has 2 unspecified atom stereocenters. The van der Waals surface area contributed by atoms with Gasteiger partial charge in [0.25, 0.3) is 5.91 Å². The van der Waals surface area contributed by atoms with Crippen molar-refractivity contribution >= 4 is 11.9 Å². The van der Waals surface area contributed by atoms with Crippen LogP contribution in [0, 0.1) is 0 Å². The van der Waals surface area contributed by atoms with Crippen molar-refractivity contribution in [2.75, 3.05) is 0 Å². The average Bonchev–Trinajstić information content (AvgIpc) is 3.10. The predicted octanol–water partition coefficient (Wildman–Crippen LogP) is 1.95. The fourth-order valence-electron chi connectivity index (χ4n) is 1.92. The Morgan fingerprint density at radius 3 is 2.71 bits per heavy atom. The van der Waals surface area contributed by atoms with Gasteiger partial charge in [-0.05, 0) is 18.9 Å². The lowest BCUT2D eigenvalue weighted by Crippen LogP contribution is -2.39. The molecule has 2 atom stereocenters. The summed E-state index contributed by atoms with van der Waals surface area (Å²) in [6, 6.07) is 8.13. The molecule has 128 valence electrons. The molecule has 0 saturated heterocycles. The molecule has 24 heavy (non-hydrogen) atoms. The van der Waals surface area contributed by atoms with Crippen LogP contribution in [0.5, 0.6) is 0 Å². The number of hydrogen-bond acceptors (Lipinski definition) is 6. The Labute approximate surface area is 140 Å². The second-order valence-electron chi connectivity index (χ2n) is 5.37. The maximum absolute atomic E-state index is 12.1. The number of nitrogens with zero attached hydrogens (tertiary/aromatic N) is 1. The highest BCUT2D eigenvalue weighted by atomic mass is 16.5. The Morgan fingerprint density at radius 1 is 1.33 bits per heavy atom. The lowest BCUT2D eigenvalue weighted by Gasteiger charge is -2.12. The van der Waals surface area contributed by atoms with Crippen LogP contribution in [-0.4, -0.2) is 22.9 Å². The van der Waals surface area contributed by atoms with Crippen molar-refractivity contribution < 1.29 is 18.7 Å². The molecule has 1 aromatic heterocycles. The Kier molecular flexibility index (Phi) is 6.08. The molecular weight excluding hydrogens is 310 g/mol. The number of carbonyl (C=O) groups is 2. The summed E-state index contributed by atoms with van der Waals surface area (Å²) < 4.78 is 10.3. The van der Waals surface area contributed by atoms with E-state index in [2.05, 4.69) is 10.3 Å². The monoisotopic (exact) mass is 331 g/mol. The van der Waals surface area contributed by atoms with E-state index >= 15 is 0 Å². The maximum atomic E-state index is 12.1. The Bertz CT molecular complexity index is 684. The van der Waals surface area contributed by atoms with Gasteiger partial charge in [0.15, 0.2) is 5.69 Å². The second kappa shape index (κ2) is 8.26. The minimum absolute atomic E-state index is 0.0802. The Balaban J connectivity index is 1.86. The third-order valence-electron chi connectivity index (χ3n) is 3.44. The van der Waals surface area contributed by atoms with Crippen molar-refractivity contribution in [3.05, 3.63) is 53.7 Å². The smallest absolute Gasteiger partial charge is 0.328 e. The molecule has 0 spiro atoms. The molecule has 0 bridgehead atoms. The molecule has 2 rings (SSSR count). The van der Waals surface area contributed by atoms with E-state index in [9.17, 15) is 9.59 Å². The first-order chi connectivity index (χ1) is 11.5. The number of rotatable bonds is 7. The van der Waals surface area contributed by atoms with Gasteiger partial charge < -0.3 is 20.2 Å². The molecule has 0 radical (unpaired) electrons. The van der Waals surface area contributed by atoms with Crippen molar-refractivity contribution in [2.24, 2.45) is 5.73 Å². The summed E-state index contributed by atoms with van der Waals surface area (Å²) >= 11 is 0. The number of carbonyl (C=O) groups excluding carboxylic acids is 2. The highest BCUT2D eigenvalue weighted by Gasteiger charge is 2.21. The van der Waals surface area contributed by atoms with Crippen molar-refractivity contribution in [3.63, 3.8) is 0 Å². The third-order valence-corrected chi connectivity index (χ3v) is 3.44. The molecular formula is C17H21N3O4. The lowest BCUT2D eigenvalue weighted by molar-refractivity contribution is -0.146. The van der Waals surface area contributed by atoms with Gasteiger partial charge in [0.1, 0.15) is 18.9 Å². The second-order valence-corrected chi connectivity index (χ2v) is 5.37. The van der Waals surface area contributed by atoms with E-state index in [1.165, 1.54) is 6.26 Å². The van der Waals surface area contributed by atoms with Crippen LogP contribution in [0.4, 0.5) is 0 Å². The minimum atomic E-state index is -0.804. The maximum Gasteiger partial charge on any atom is 0.328 e. The molecule has 1 heterocycles. The number of oxazole rings is 1. The molecule has 3 N–H and O–H groups in total. The molecule has 0 aliphatic carbocycles. The summed E-state index contributed by atoms with van der Waals surface area (Å²) in [6.07, 6.45) is 1.87. The standard InChI is InChI=1S/C17H21N3O4/c1-3-13(18)16-20-14(10-23-16)15(21)19-11(2)17(22)24-9-12-7-5-4-6-8-12/h4-8,10-11,13H,3,9,18H2,1-2H3,(H,19,21). The van der Waals surface area contributed by atoms with Crippen LogP contribution < -0.4 is 11.1 Å². The fraction of sp³-hybridized carbons (Fsp3) is 0.353. The van der Waals surface area contributed by atoms with E-state index in [1.54, 1.807) is 6.92 Å². The number of nitrogens with two attached hydrogens (primary N) is 1. The van der Waals surface area contributed by atoms with Gasteiger partial charge in [-0.25, -0.2) is 9.78 Å². The largest absolute Gasteiger partial charge is 0.459 e. The van der Waals surface area contributed by atoms with Gasteiger partial charge in [-0.1, -0.05) is 37.3 Å². The van der Waals surface area contributed by atoms with Gasteiger partial charge in [-0.2, -0.15) is 0 Å². The Morgan fingerprint density at radius 2 is 2.04 bits per heavy atom. The van der Waals surface area contributed by atoms with Gasteiger partial charge in [-0.3, -0.25) is 4.79 Å². The normalized spacial score (nSPS) is 13.1. The van der Waals surface area contributed by atoms with E-state index in [1.807, 2.05) is 37.3 Å². The van der Waals surface area contributed by atoms with Crippen LogP contribution in [-0.2, 0) is 16.1 Å². The van der Waals surface area contributed by atoms with Gasteiger partial charge in [0.2, 0.25) is 5.89 Å². The average molecular weight is 331 g/mol. The molecule has 1 aromatic carbocycles. The van der Waals surface area contributed by atoms with E-state index in [4.69, 9.17) is 14.9 Å². The summed E-state index contributed by atoms with van der Waals surface area (Å²) in [7, 11) is 0. The van der Waals surface area contributed by atoms with E-state index in [0.717, 1.165) is 5.56 Å². The van der Waals surface area contributed by atoms with Crippen LogP contribution in [0.3, 0.4) is 0 Å². The SMILES string of the molecule is CCC(N)c1nc(C(=O)NC(C)C(=O)OCc2ccccc2)co1. The number of hydrogen-bond donors (Lipinski definition) is 2. The van der Waals surface area contributed by atoms with Crippen LogP contribution in [0.15, 0.2) is 41.0 Å². The first-order valence-electron chi connectivity index (χ1n) is 7.73. The highest BCUT2D eigenvalue weighted by Crippen LogP contribution is 2.13. The van der Waals surface area contributed by atoms with Crippen LogP contribution >= 0.6 is 0 Å². The van der Waals surface area contributed by atoms with Gasteiger partial charge in [-0.15, -0.1) is 0 Å². The van der Waals surface area contributed by atoms with Gasteiger partial charge in [0, 0.05) is 0 Å². The summed E-state index contributed by atoms with van der Waals surface area (Å²) in [5.41, 5.74) is 6.74. The molecule has 0 saturated carbocycles. The zero-order valence-corrected chi connectivity index (χ0v) is 13.7. The van der Waals surface area contributed by atoms with Crippen molar-refractivity contribution in [1.29, 1.82) is 0 Å². The molecule has 7 heteroatoms. The van der Waals surface area contributed by atoms with E-state index in [0.29, 0.717) is 12.3 Å². The molecule has 0 fully saturated rings. The summed E-state index contributed by atoms with van der Waals surface area (Å²) in [5, 5.41) is 2.53. The third kappa shape index (κ3) is 4.66. The van der Waals surface area contributed by atoms with Crippen molar-refractivity contribution in [2.45, 2.75) is 39.0 Å².